The molecule has 10 fully saturated rings. The number of rotatable bonds is 15. The van der Waals surface area contributed by atoms with Gasteiger partial charge in [-0.05, 0) is 99.3 Å². The number of carbonyl (C=O) groups is 3. The molecule has 1 saturated carbocycles. The van der Waals surface area contributed by atoms with Crippen molar-refractivity contribution in [3.8, 4) is 18.4 Å². The number of piperidine rings is 2. The number of ether oxygens (including phenoxy) is 3. The zero-order valence-electron chi connectivity index (χ0n) is 50.3. The molecule has 1 aliphatic carbocycles. The van der Waals surface area contributed by atoms with Crippen LogP contribution < -0.4 is 25.6 Å². The quantitative estimate of drug-likeness (QED) is 0.0336. The van der Waals surface area contributed by atoms with Crippen LogP contribution in [0.15, 0.2) is 60.7 Å². The number of nitrogens with two attached hydrogens (primary N) is 1. The molecule has 4 amide bonds. The summed E-state index contributed by atoms with van der Waals surface area (Å²) < 4.78 is 55.2. The average molecular weight is 1190 g/mol. The number of halogens is 2. The van der Waals surface area contributed by atoms with Gasteiger partial charge in [0, 0.05) is 125 Å². The molecule has 9 saturated heterocycles. The van der Waals surface area contributed by atoms with Gasteiger partial charge in [0.15, 0.2) is 23.2 Å². The molecule has 3 aromatic carbocycles. The monoisotopic (exact) mass is 1190 g/mol. The molecule has 2 spiro atoms. The second kappa shape index (κ2) is 21.1. The number of quaternary nitrogens is 1. The minimum atomic E-state index is -0.700. The highest BCUT2D eigenvalue weighted by Crippen LogP contribution is 2.87. The number of fused-ring (bicyclic) bond motifs is 3. The van der Waals surface area contributed by atoms with E-state index in [1.165, 1.54) is 31.7 Å². The number of anilines is 2. The van der Waals surface area contributed by atoms with Gasteiger partial charge in [-0.15, -0.1) is 6.42 Å². The average Bonchev–Trinajstić information content (AvgIpc) is 1.41. The normalized spacial score (nSPS) is 30.0. The Bertz CT molecular complexity index is 3750. The first-order valence-corrected chi connectivity index (χ1v) is 31.8. The SMILES string of the molecule is C#Cc1c(F)ccc2cccc(/C(N)=C(\F)c3nc(OC[C@@]45CC[C@@H](COC(OC)N6CCN(C(=O)C7CCC8(CC7)CCN(c7ccc9c(N%10CCC(=O)NC%10=O)nn(C)c9c7)CC8)CC6)N4CC(=C)C5)nc(C4C56CC7CCC(C5)[N+]746)c3CC)c12. The Morgan fingerprint density at radius 1 is 0.966 bits per heavy atom. The molecule has 5 aromatic rings. The van der Waals surface area contributed by atoms with Gasteiger partial charge in [-0.3, -0.25) is 38.8 Å². The summed E-state index contributed by atoms with van der Waals surface area (Å²) in [5.74, 6) is 1.82. The molecule has 11 heterocycles. The van der Waals surface area contributed by atoms with Gasteiger partial charge in [0.2, 0.25) is 18.2 Å². The Morgan fingerprint density at radius 2 is 1.74 bits per heavy atom. The van der Waals surface area contributed by atoms with Crippen molar-refractivity contribution < 1.29 is 41.9 Å². The van der Waals surface area contributed by atoms with Gasteiger partial charge in [-0.2, -0.15) is 15.1 Å². The van der Waals surface area contributed by atoms with E-state index in [-0.39, 0.29) is 82.3 Å². The third-order valence-electron chi connectivity index (χ3n) is 23.1. The number of hydrogen-bond acceptors (Lipinski definition) is 13. The minimum absolute atomic E-state index is 0.0355. The van der Waals surface area contributed by atoms with Crippen LogP contribution in [0.4, 0.5) is 25.1 Å². The first-order valence-electron chi connectivity index (χ1n) is 31.8. The van der Waals surface area contributed by atoms with E-state index < -0.39 is 24.1 Å². The Kier molecular flexibility index (Phi) is 13.7. The predicted molar refractivity (Wildman–Crippen MR) is 326 cm³/mol. The zero-order chi connectivity index (χ0) is 59.9. The number of nitrogens with zero attached hydrogens (tertiary/aromatic N) is 10. The molecular weight excluding hydrogens is 1110 g/mol. The summed E-state index contributed by atoms with van der Waals surface area (Å²) in [6.07, 6.45) is 19.4. The van der Waals surface area contributed by atoms with E-state index in [1.54, 1.807) is 30.2 Å². The summed E-state index contributed by atoms with van der Waals surface area (Å²) in [6, 6.07) is 15.7. The van der Waals surface area contributed by atoms with Gasteiger partial charge >= 0.3 is 12.0 Å². The number of carbonyl (C=O) groups excluding carboxylic acids is 3. The smallest absolute Gasteiger partial charge is 0.329 e. The van der Waals surface area contributed by atoms with Gasteiger partial charge < -0.3 is 29.7 Å². The van der Waals surface area contributed by atoms with Crippen LogP contribution in [-0.4, -0.2) is 165 Å². The molecule has 87 heavy (non-hydrogen) atoms. The van der Waals surface area contributed by atoms with Crippen LogP contribution in [0.5, 0.6) is 6.01 Å². The Morgan fingerprint density at radius 3 is 2.46 bits per heavy atom. The Balaban J connectivity index is 0.570. The topological polar surface area (TPSA) is 177 Å². The third-order valence-corrected chi connectivity index (χ3v) is 23.1. The van der Waals surface area contributed by atoms with Crippen LogP contribution >= 0.6 is 0 Å². The zero-order valence-corrected chi connectivity index (χ0v) is 50.3. The maximum absolute atomic E-state index is 17.6. The maximum Gasteiger partial charge on any atom is 0.329 e. The molecule has 2 aromatic heterocycles. The summed E-state index contributed by atoms with van der Waals surface area (Å²) in [6.45, 7) is 12.7. The van der Waals surface area contributed by atoms with Crippen LogP contribution in [0, 0.1) is 29.5 Å². The summed E-state index contributed by atoms with van der Waals surface area (Å²) in [7, 11) is 3.57. The van der Waals surface area contributed by atoms with E-state index in [2.05, 4.69) is 54.6 Å². The molecule has 10 aliphatic rings. The highest BCUT2D eigenvalue weighted by atomic mass is 19.1. The van der Waals surface area contributed by atoms with Crippen LogP contribution in [-0.2, 0) is 32.5 Å². The molecule has 4 unspecified atom stereocenters. The van der Waals surface area contributed by atoms with Gasteiger partial charge in [0.25, 0.3) is 0 Å². The van der Waals surface area contributed by atoms with Crippen LogP contribution in [0.3, 0.4) is 0 Å². The van der Waals surface area contributed by atoms with Crippen LogP contribution in [0.25, 0.3) is 33.2 Å². The lowest BCUT2D eigenvalue weighted by atomic mass is 9.65. The Labute approximate surface area is 506 Å². The first kappa shape index (κ1) is 56.5. The summed E-state index contributed by atoms with van der Waals surface area (Å²) in [4.78, 5) is 59.5. The lowest BCUT2D eigenvalue weighted by Crippen LogP contribution is -2.65. The third kappa shape index (κ3) is 8.70. The second-order valence-electron chi connectivity index (χ2n) is 27.1. The number of piperazine rings is 1. The number of methoxy groups -OCH3 is 1. The van der Waals surface area contributed by atoms with Crippen molar-refractivity contribution in [2.45, 2.75) is 145 Å². The van der Waals surface area contributed by atoms with Crippen molar-refractivity contribution in [3.05, 3.63) is 94.6 Å². The van der Waals surface area contributed by atoms with E-state index >= 15 is 8.78 Å². The highest BCUT2D eigenvalue weighted by Gasteiger charge is 3.00. The van der Waals surface area contributed by atoms with Gasteiger partial charge in [0.05, 0.1) is 53.8 Å². The fourth-order valence-corrected chi connectivity index (χ4v) is 18.8. The summed E-state index contributed by atoms with van der Waals surface area (Å²) in [5.41, 5.74) is 12.0. The van der Waals surface area contributed by atoms with E-state index in [0.717, 1.165) is 109 Å². The summed E-state index contributed by atoms with van der Waals surface area (Å²) in [5, 5.41) is 9.01. The second-order valence-corrected chi connectivity index (χ2v) is 27.1. The van der Waals surface area contributed by atoms with Crippen molar-refractivity contribution in [3.63, 3.8) is 0 Å². The van der Waals surface area contributed by atoms with Crippen molar-refractivity contribution in [1.29, 1.82) is 0 Å². The minimum Gasteiger partial charge on any atom is -0.461 e. The van der Waals surface area contributed by atoms with Crippen molar-refractivity contribution in [2.24, 2.45) is 24.1 Å². The van der Waals surface area contributed by atoms with Crippen molar-refractivity contribution >= 4 is 62.6 Å². The van der Waals surface area contributed by atoms with Crippen molar-refractivity contribution in [2.75, 3.05) is 82.5 Å². The molecule has 0 radical (unpaired) electrons. The standard InChI is InChI=1S/C67H78F2N12O6/c1-6-47-51(68)16-11-41-9-8-10-50(54(41)47)56(70)55(69)57-48(7-2)58(59-67-35-45-13-14-46(36-67)81(45,59)67)73-62(72-57)87-39-66-23-19-44(80(66)37-40(3)34-66)38-86-64(85-5)78-31-29-77(30-32-78)61(83)42-17-21-65(22-18-42)24-27-76(28-25-65)43-12-15-49-52(33-43)75(4)74-60(49)79-26-20-53(82)71-63(79)84/h1,8-12,15-16,33,42,44-46,59,64H,3,7,13-14,17-32,34-39H2,2,4-5H3,(H2-,70,71,72,73,82,84)/p+1/t44-,45?,46?,59?,64?,66-,67?,81?/m0/s1. The number of urea groups is 1. The number of aryl methyl sites for hydroxylation is 1. The lowest BCUT2D eigenvalue weighted by Gasteiger charge is -2.50. The number of amides is 4. The fourth-order valence-electron chi connectivity index (χ4n) is 18.8. The number of nitrogens with one attached hydrogen (secondary N) is 1. The van der Waals surface area contributed by atoms with E-state index in [1.807, 2.05) is 30.8 Å². The van der Waals surface area contributed by atoms with Gasteiger partial charge in [-0.1, -0.05) is 49.3 Å². The number of terminal acetylenes is 1. The predicted octanol–water partition coefficient (Wildman–Crippen LogP) is 8.46. The van der Waals surface area contributed by atoms with Crippen LogP contribution in [0.2, 0.25) is 0 Å². The molecule has 6 atom stereocenters. The molecule has 9 aliphatic heterocycles. The van der Waals surface area contributed by atoms with Crippen molar-refractivity contribution in [1.82, 2.24) is 39.8 Å². The molecule has 0 bridgehead atoms. The number of aromatic nitrogens is 4. The van der Waals surface area contributed by atoms with Gasteiger partial charge in [-0.25, -0.2) is 13.6 Å². The Hall–Kier alpha value is -7.02. The molecule has 20 heteroatoms. The molecule has 3 N–H and O–H groups in total. The van der Waals surface area contributed by atoms with E-state index in [4.69, 9.17) is 36.3 Å². The van der Waals surface area contributed by atoms with Crippen LogP contribution in [0.1, 0.15) is 131 Å². The fraction of sp³-hybridized carbons (Fsp3) is 0.552. The first-order chi connectivity index (χ1) is 42.1. The number of hydrogen-bond donors (Lipinski definition) is 2. The highest BCUT2D eigenvalue weighted by molar-refractivity contribution is 6.09. The molecule has 18 nitrogen and oxygen atoms in total. The number of benzene rings is 3. The van der Waals surface area contributed by atoms with Gasteiger partial charge in [0.1, 0.15) is 23.8 Å². The largest absolute Gasteiger partial charge is 0.461 e. The maximum atomic E-state index is 17.6. The molecular formula is C67H79F2N12O6+. The molecule has 456 valence electrons. The van der Waals surface area contributed by atoms with E-state index in [9.17, 15) is 14.4 Å². The van der Waals surface area contributed by atoms with E-state index in [0.29, 0.717) is 86.5 Å². The molecule has 15 rings (SSSR count). The summed E-state index contributed by atoms with van der Waals surface area (Å²) >= 11 is 0. The number of imide groups is 1. The lowest BCUT2D eigenvalue weighted by molar-refractivity contribution is -0.953.